The fourth-order valence-corrected chi connectivity index (χ4v) is 3.61. The van der Waals surface area contributed by atoms with E-state index in [4.69, 9.17) is 5.53 Å². The van der Waals surface area contributed by atoms with Crippen LogP contribution in [0.2, 0.25) is 0 Å². The van der Waals surface area contributed by atoms with Gasteiger partial charge in [-0.25, -0.2) is 5.53 Å². The first-order chi connectivity index (χ1) is 13.9. The number of rotatable bonds is 4. The molecule has 4 aromatic rings. The third kappa shape index (κ3) is 3.44. The molecule has 0 saturated heterocycles. The Morgan fingerprint density at radius 3 is 1.90 bits per heavy atom. The van der Waals surface area contributed by atoms with E-state index >= 15 is 0 Å². The van der Waals surface area contributed by atoms with Gasteiger partial charge in [-0.15, -0.1) is 10.2 Å². The monoisotopic (exact) mass is 406 g/mol. The van der Waals surface area contributed by atoms with Gasteiger partial charge in [-0.05, 0) is 36.4 Å². The number of nitrogens with one attached hydrogen (secondary N) is 1. The molecule has 0 amide bonds. The molecule has 0 saturated carbocycles. The zero-order valence-electron chi connectivity index (χ0n) is 14.8. The van der Waals surface area contributed by atoms with Gasteiger partial charge in [0.05, 0.1) is 22.0 Å². The lowest BCUT2D eigenvalue weighted by molar-refractivity contribution is 0.481. The molecule has 0 unspecified atom stereocenters. The quantitative estimate of drug-likeness (QED) is 0.282. The summed E-state index contributed by atoms with van der Waals surface area (Å²) in [6, 6.07) is 17.6. The molecule has 144 valence electrons. The highest BCUT2D eigenvalue weighted by Crippen LogP contribution is 2.37. The van der Waals surface area contributed by atoms with Gasteiger partial charge in [0.25, 0.3) is 10.1 Å². The second kappa shape index (κ2) is 7.04. The topological polar surface area (TPSA) is 136 Å². The number of phenols is 1. The van der Waals surface area contributed by atoms with E-state index in [0.717, 1.165) is 10.8 Å². The Hall–Kier alpha value is -3.69. The van der Waals surface area contributed by atoms with Gasteiger partial charge in [0, 0.05) is 21.5 Å². The second-order valence-corrected chi connectivity index (χ2v) is 7.67. The van der Waals surface area contributed by atoms with Crippen LogP contribution in [0.4, 0.5) is 17.1 Å². The van der Waals surface area contributed by atoms with Gasteiger partial charge in [-0.1, -0.05) is 30.3 Å². The molecule has 9 heteroatoms. The number of hydrogen-bond acceptors (Lipinski definition) is 7. The third-order valence-corrected chi connectivity index (χ3v) is 5.35. The predicted molar refractivity (Wildman–Crippen MR) is 108 cm³/mol. The van der Waals surface area contributed by atoms with Crippen molar-refractivity contribution in [1.29, 1.82) is 5.53 Å². The number of fused-ring (bicyclic) bond motifs is 2. The van der Waals surface area contributed by atoms with Gasteiger partial charge in [0.2, 0.25) is 0 Å². The first kappa shape index (κ1) is 18.7. The van der Waals surface area contributed by atoms with E-state index in [9.17, 15) is 18.1 Å². The maximum absolute atomic E-state index is 11.4. The first-order valence-corrected chi connectivity index (χ1v) is 9.86. The Bertz CT molecular complexity index is 1420. The van der Waals surface area contributed by atoms with E-state index < -0.39 is 10.1 Å². The van der Waals surface area contributed by atoms with Crippen LogP contribution in [0.15, 0.2) is 87.0 Å². The lowest BCUT2D eigenvalue weighted by atomic mass is 10.1. The molecule has 4 aromatic carbocycles. The van der Waals surface area contributed by atoms with Crippen molar-refractivity contribution in [3.63, 3.8) is 0 Å². The molecule has 0 fully saturated rings. The van der Waals surface area contributed by atoms with Gasteiger partial charge in [-0.3, -0.25) is 4.55 Å². The minimum atomic E-state index is -4.40. The number of hydrogen-bond donors (Lipinski definition) is 3. The fraction of sp³-hybridized carbons (Fsp3) is 0. The Morgan fingerprint density at radius 2 is 1.28 bits per heavy atom. The van der Waals surface area contributed by atoms with Crippen LogP contribution in [0.25, 0.3) is 21.5 Å². The average Bonchev–Trinajstić information content (AvgIpc) is 2.72. The van der Waals surface area contributed by atoms with E-state index in [2.05, 4.69) is 15.3 Å². The molecular weight excluding hydrogens is 392 g/mol. The van der Waals surface area contributed by atoms with Gasteiger partial charge < -0.3 is 5.11 Å². The van der Waals surface area contributed by atoms with Crippen LogP contribution in [-0.4, -0.2) is 18.1 Å². The number of azo groups is 1. The highest BCUT2D eigenvalue weighted by molar-refractivity contribution is 7.85. The molecule has 0 aliphatic heterocycles. The van der Waals surface area contributed by atoms with Crippen molar-refractivity contribution in [3.8, 4) is 5.75 Å². The normalized spacial score (nSPS) is 12.0. The number of phenolic OH excluding ortho intramolecular Hbond substituents is 1. The molecule has 0 radical (unpaired) electrons. The van der Waals surface area contributed by atoms with Crippen LogP contribution < -0.4 is 0 Å². The molecule has 0 atom stereocenters. The van der Waals surface area contributed by atoms with E-state index in [0.29, 0.717) is 22.4 Å². The molecule has 0 bridgehead atoms. The van der Waals surface area contributed by atoms with Crippen LogP contribution in [0.3, 0.4) is 0 Å². The van der Waals surface area contributed by atoms with Crippen LogP contribution in [0.1, 0.15) is 0 Å². The smallest absolute Gasteiger partial charge is 0.294 e. The van der Waals surface area contributed by atoms with Crippen molar-refractivity contribution in [3.05, 3.63) is 66.7 Å². The summed E-state index contributed by atoms with van der Waals surface area (Å²) in [5.74, 6) is -0.142. The van der Waals surface area contributed by atoms with Crippen molar-refractivity contribution < 1.29 is 18.1 Å². The summed E-state index contributed by atoms with van der Waals surface area (Å²) in [5.41, 5.74) is 8.80. The first-order valence-electron chi connectivity index (χ1n) is 8.42. The molecule has 8 nitrogen and oxygen atoms in total. The minimum Gasteiger partial charge on any atom is -0.507 e. The molecule has 0 spiro atoms. The summed E-state index contributed by atoms with van der Waals surface area (Å²) in [7, 11) is -4.40. The van der Waals surface area contributed by atoms with E-state index in [1.54, 1.807) is 18.2 Å². The lowest BCUT2D eigenvalue weighted by Crippen LogP contribution is -1.97. The highest BCUT2D eigenvalue weighted by Gasteiger charge is 2.13. The summed E-state index contributed by atoms with van der Waals surface area (Å²) in [4.78, 5) is -0.324. The van der Waals surface area contributed by atoms with Gasteiger partial charge in [0.15, 0.2) is 0 Å². The minimum absolute atomic E-state index is 0.142. The van der Waals surface area contributed by atoms with Crippen molar-refractivity contribution in [2.45, 2.75) is 4.90 Å². The van der Waals surface area contributed by atoms with Crippen molar-refractivity contribution in [1.82, 2.24) is 0 Å². The van der Waals surface area contributed by atoms with Crippen LogP contribution in [-0.2, 0) is 10.1 Å². The van der Waals surface area contributed by atoms with Crippen LogP contribution >= 0.6 is 0 Å². The van der Waals surface area contributed by atoms with Gasteiger partial charge in [0.1, 0.15) is 5.75 Å². The Balaban J connectivity index is 1.85. The summed E-state index contributed by atoms with van der Waals surface area (Å²) in [6.45, 7) is 0. The number of nitrogens with zero attached hydrogens (tertiary/aromatic N) is 3. The largest absolute Gasteiger partial charge is 0.507 e. The molecule has 0 aromatic heterocycles. The number of aromatic hydroxyl groups is 1. The molecule has 0 aliphatic carbocycles. The second-order valence-electron chi connectivity index (χ2n) is 6.25. The molecule has 0 aliphatic rings. The van der Waals surface area contributed by atoms with E-state index in [1.165, 1.54) is 24.3 Å². The van der Waals surface area contributed by atoms with Crippen molar-refractivity contribution >= 4 is 48.7 Å². The SMILES string of the molecule is N=Nc1ccc(N=Nc2ccc(O)c3cc(S(=O)(=O)O)ccc23)c2ccccc12. The Morgan fingerprint density at radius 1 is 0.724 bits per heavy atom. The van der Waals surface area contributed by atoms with E-state index in [1.807, 2.05) is 24.3 Å². The molecule has 29 heavy (non-hydrogen) atoms. The molecule has 0 heterocycles. The molecule has 3 N–H and O–H groups in total. The Labute approximate surface area is 165 Å². The summed E-state index contributed by atoms with van der Waals surface area (Å²) in [6.07, 6.45) is 0. The van der Waals surface area contributed by atoms with Crippen LogP contribution in [0.5, 0.6) is 5.75 Å². The Kier molecular flexibility index (Phi) is 4.53. The van der Waals surface area contributed by atoms with E-state index in [-0.39, 0.29) is 16.0 Å². The highest BCUT2D eigenvalue weighted by atomic mass is 32.2. The summed E-state index contributed by atoms with van der Waals surface area (Å²) in [5, 5.41) is 24.4. The summed E-state index contributed by atoms with van der Waals surface area (Å²) < 4.78 is 32.0. The standard InChI is InChI=1S/C20H14N4O4S/c21-22-17-7-8-18(14-4-2-1-3-13(14)17)23-24-19-9-10-20(25)16-11-12(29(26,27)28)5-6-15(16)19/h1-11,21,25H,(H,26,27,28). The molecule has 4 rings (SSSR count). The van der Waals surface area contributed by atoms with Crippen molar-refractivity contribution in [2.75, 3.05) is 0 Å². The maximum atomic E-state index is 11.4. The summed E-state index contributed by atoms with van der Waals surface area (Å²) >= 11 is 0. The number of benzene rings is 4. The van der Waals surface area contributed by atoms with Crippen LogP contribution in [0, 0.1) is 5.53 Å². The zero-order valence-corrected chi connectivity index (χ0v) is 15.6. The molecular formula is C20H14N4O4S. The lowest BCUT2D eigenvalue weighted by Gasteiger charge is -2.06. The zero-order chi connectivity index (χ0) is 20.6. The van der Waals surface area contributed by atoms with Crippen molar-refractivity contribution in [2.24, 2.45) is 15.3 Å². The van der Waals surface area contributed by atoms with Gasteiger partial charge in [-0.2, -0.15) is 13.5 Å². The maximum Gasteiger partial charge on any atom is 0.294 e. The fourth-order valence-electron chi connectivity index (χ4n) is 3.10. The van der Waals surface area contributed by atoms with Gasteiger partial charge >= 0.3 is 0 Å². The average molecular weight is 406 g/mol. The third-order valence-electron chi connectivity index (χ3n) is 4.50. The predicted octanol–water partition coefficient (Wildman–Crippen LogP) is 6.02.